The number of nitrogens with one attached hydrogen (secondary N) is 1. The summed E-state index contributed by atoms with van der Waals surface area (Å²) in [7, 11) is 0. The summed E-state index contributed by atoms with van der Waals surface area (Å²) in [6.07, 6.45) is 15.2. The Balaban J connectivity index is 2.08. The van der Waals surface area contributed by atoms with E-state index in [1.807, 2.05) is 18.4 Å². The van der Waals surface area contributed by atoms with Crippen LogP contribution in [0.15, 0.2) is 35.9 Å². The summed E-state index contributed by atoms with van der Waals surface area (Å²) < 4.78 is 0. The summed E-state index contributed by atoms with van der Waals surface area (Å²) in [4.78, 5) is 0. The molecule has 0 radical (unpaired) electrons. The highest BCUT2D eigenvalue weighted by molar-refractivity contribution is 5.26. The lowest BCUT2D eigenvalue weighted by Crippen LogP contribution is -2.15. The van der Waals surface area contributed by atoms with Gasteiger partial charge in [0.05, 0.1) is 0 Å². The van der Waals surface area contributed by atoms with Crippen molar-refractivity contribution in [3.8, 4) is 0 Å². The predicted octanol–water partition coefficient (Wildman–Crippen LogP) is 3.40. The lowest BCUT2D eigenvalue weighted by atomic mass is 9.96. The minimum absolute atomic E-state index is 0.357. The second-order valence-electron chi connectivity index (χ2n) is 4.38. The van der Waals surface area contributed by atoms with E-state index in [1.165, 1.54) is 44.2 Å². The first-order chi connectivity index (χ1) is 7.36. The Kier molecular flexibility index (Phi) is 3.49. The lowest BCUT2D eigenvalue weighted by molar-refractivity contribution is 0.427. The van der Waals surface area contributed by atoms with Crippen LogP contribution in [0.1, 0.15) is 38.5 Å². The zero-order valence-corrected chi connectivity index (χ0v) is 9.08. The van der Waals surface area contributed by atoms with Crippen LogP contribution in [0.4, 0.5) is 0 Å². The molecule has 1 aliphatic carbocycles. The van der Waals surface area contributed by atoms with Crippen LogP contribution in [0.25, 0.3) is 0 Å². The van der Waals surface area contributed by atoms with Crippen LogP contribution in [0, 0.1) is 5.92 Å². The number of hydrogen-bond donors (Lipinski definition) is 2. The van der Waals surface area contributed by atoms with Gasteiger partial charge < -0.3 is 10.4 Å². The zero-order chi connectivity index (χ0) is 10.5. The summed E-state index contributed by atoms with van der Waals surface area (Å²) in [6.45, 7) is 0. The second-order valence-corrected chi connectivity index (χ2v) is 4.38. The molecule has 0 aromatic carbocycles. The van der Waals surface area contributed by atoms with Gasteiger partial charge in [-0.25, -0.2) is 0 Å². The zero-order valence-electron chi connectivity index (χ0n) is 9.08. The molecule has 0 atom stereocenters. The average Bonchev–Trinajstić information content (AvgIpc) is 2.59. The molecule has 0 bridgehead atoms. The molecule has 15 heavy (non-hydrogen) atoms. The van der Waals surface area contributed by atoms with Crippen molar-refractivity contribution < 1.29 is 5.11 Å². The molecule has 0 aromatic rings. The van der Waals surface area contributed by atoms with Gasteiger partial charge >= 0.3 is 0 Å². The number of allylic oxidation sites excluding steroid dienone is 4. The van der Waals surface area contributed by atoms with E-state index in [1.54, 1.807) is 6.08 Å². The molecule has 82 valence electrons. The van der Waals surface area contributed by atoms with Crippen molar-refractivity contribution in [2.24, 2.45) is 5.92 Å². The molecule has 1 fully saturated rings. The molecule has 2 heteroatoms. The first kappa shape index (κ1) is 10.3. The Labute approximate surface area is 91.4 Å². The third-order valence-electron chi connectivity index (χ3n) is 3.21. The Morgan fingerprint density at radius 2 is 1.87 bits per heavy atom. The van der Waals surface area contributed by atoms with Gasteiger partial charge in [-0.05, 0) is 37.0 Å². The molecule has 0 saturated heterocycles. The second kappa shape index (κ2) is 5.06. The van der Waals surface area contributed by atoms with Gasteiger partial charge in [-0.15, -0.1) is 0 Å². The largest absolute Gasteiger partial charge is 0.508 e. The molecule has 2 N–H and O–H groups in total. The van der Waals surface area contributed by atoms with E-state index in [9.17, 15) is 5.11 Å². The third-order valence-corrected chi connectivity index (χ3v) is 3.21. The van der Waals surface area contributed by atoms with Crippen molar-refractivity contribution in [1.29, 1.82) is 0 Å². The van der Waals surface area contributed by atoms with E-state index in [2.05, 4.69) is 5.32 Å². The van der Waals surface area contributed by atoms with Crippen LogP contribution in [-0.4, -0.2) is 5.11 Å². The minimum atomic E-state index is 0.357. The molecule has 0 amide bonds. The van der Waals surface area contributed by atoms with Crippen LogP contribution < -0.4 is 5.32 Å². The van der Waals surface area contributed by atoms with E-state index in [0.717, 1.165) is 0 Å². The maximum atomic E-state index is 9.55. The van der Waals surface area contributed by atoms with E-state index in [-0.39, 0.29) is 0 Å². The molecular weight excluding hydrogens is 186 g/mol. The van der Waals surface area contributed by atoms with Crippen molar-refractivity contribution >= 4 is 0 Å². The highest BCUT2D eigenvalue weighted by atomic mass is 16.3. The number of hydrogen-bond acceptors (Lipinski definition) is 2. The van der Waals surface area contributed by atoms with Gasteiger partial charge in [0.15, 0.2) is 0 Å². The molecule has 0 unspecified atom stereocenters. The topological polar surface area (TPSA) is 32.3 Å². The molecule has 0 aromatic heterocycles. The molecule has 1 aliphatic heterocycles. The van der Waals surface area contributed by atoms with Gasteiger partial charge in [-0.3, -0.25) is 0 Å². The highest BCUT2D eigenvalue weighted by Crippen LogP contribution is 2.28. The monoisotopic (exact) mass is 205 g/mol. The number of aliphatic hydroxyl groups is 1. The van der Waals surface area contributed by atoms with Crippen LogP contribution in [-0.2, 0) is 0 Å². The van der Waals surface area contributed by atoms with Gasteiger partial charge in [0.2, 0.25) is 0 Å². The molecule has 1 saturated carbocycles. The molecule has 1 heterocycles. The minimum Gasteiger partial charge on any atom is -0.508 e. The fourth-order valence-electron chi connectivity index (χ4n) is 2.37. The van der Waals surface area contributed by atoms with E-state index < -0.39 is 0 Å². The summed E-state index contributed by atoms with van der Waals surface area (Å²) >= 11 is 0. The summed E-state index contributed by atoms with van der Waals surface area (Å²) in [5.41, 5.74) is 1.18. The first-order valence-corrected chi connectivity index (χ1v) is 5.90. The van der Waals surface area contributed by atoms with Gasteiger partial charge in [-0.2, -0.15) is 0 Å². The Morgan fingerprint density at radius 1 is 1.13 bits per heavy atom. The first-order valence-electron chi connectivity index (χ1n) is 5.90. The van der Waals surface area contributed by atoms with Gasteiger partial charge in [-0.1, -0.05) is 25.7 Å². The highest BCUT2D eigenvalue weighted by Gasteiger charge is 2.16. The Bertz CT molecular complexity index is 294. The average molecular weight is 205 g/mol. The molecule has 2 rings (SSSR count). The van der Waals surface area contributed by atoms with E-state index in [0.29, 0.717) is 11.7 Å². The molecular formula is C13H19NO. The van der Waals surface area contributed by atoms with E-state index >= 15 is 0 Å². The number of rotatable bonds is 1. The summed E-state index contributed by atoms with van der Waals surface area (Å²) in [5, 5.41) is 12.8. The maximum absolute atomic E-state index is 9.55. The van der Waals surface area contributed by atoms with Crippen LogP contribution in [0.2, 0.25) is 0 Å². The van der Waals surface area contributed by atoms with Crippen molar-refractivity contribution in [3.63, 3.8) is 0 Å². The molecule has 2 nitrogen and oxygen atoms in total. The lowest BCUT2D eigenvalue weighted by Gasteiger charge is -2.17. The summed E-state index contributed by atoms with van der Waals surface area (Å²) in [6, 6.07) is 0. The quantitative estimate of drug-likeness (QED) is 0.643. The molecule has 2 aliphatic rings. The van der Waals surface area contributed by atoms with Crippen molar-refractivity contribution in [3.05, 3.63) is 35.9 Å². The van der Waals surface area contributed by atoms with Gasteiger partial charge in [0, 0.05) is 11.9 Å². The standard InChI is InChI=1S/C13H19NO/c15-12-8-5-9-14-13(10-12)11-6-3-1-2-4-7-11/h5,8-11,14-15H,1-4,6-7H2. The van der Waals surface area contributed by atoms with Crippen LogP contribution in [0.3, 0.4) is 0 Å². The van der Waals surface area contributed by atoms with E-state index in [4.69, 9.17) is 0 Å². The predicted molar refractivity (Wildman–Crippen MR) is 62.3 cm³/mol. The van der Waals surface area contributed by atoms with Crippen molar-refractivity contribution in [2.75, 3.05) is 0 Å². The fraction of sp³-hybridized carbons (Fsp3) is 0.538. The van der Waals surface area contributed by atoms with Crippen molar-refractivity contribution in [2.45, 2.75) is 38.5 Å². The maximum Gasteiger partial charge on any atom is 0.117 e. The number of aliphatic hydroxyl groups excluding tert-OH is 1. The van der Waals surface area contributed by atoms with Crippen molar-refractivity contribution in [1.82, 2.24) is 5.32 Å². The Hall–Kier alpha value is -1.18. The SMILES string of the molecule is OC1=CC=CNC(C2CCCCCC2)=C1. The van der Waals surface area contributed by atoms with Crippen LogP contribution >= 0.6 is 0 Å². The smallest absolute Gasteiger partial charge is 0.117 e. The molecule has 0 spiro atoms. The normalized spacial score (nSPS) is 23.5. The van der Waals surface area contributed by atoms with Crippen LogP contribution in [0.5, 0.6) is 0 Å². The van der Waals surface area contributed by atoms with Gasteiger partial charge in [0.25, 0.3) is 0 Å². The third kappa shape index (κ3) is 2.88. The van der Waals surface area contributed by atoms with Gasteiger partial charge in [0.1, 0.15) is 5.76 Å². The summed E-state index contributed by atoms with van der Waals surface area (Å²) in [5.74, 6) is 0.960. The fourth-order valence-corrected chi connectivity index (χ4v) is 2.37. The Morgan fingerprint density at radius 3 is 2.60 bits per heavy atom.